The monoisotopic (exact) mass is 286 g/mol. The van der Waals surface area contributed by atoms with Gasteiger partial charge in [0.25, 0.3) is 5.91 Å². The van der Waals surface area contributed by atoms with Crippen LogP contribution in [0, 0.1) is 0 Å². The van der Waals surface area contributed by atoms with E-state index in [2.05, 4.69) is 10.3 Å². The number of pyridine rings is 1. The van der Waals surface area contributed by atoms with Gasteiger partial charge in [-0.2, -0.15) is 0 Å². The maximum atomic E-state index is 11.9. The summed E-state index contributed by atoms with van der Waals surface area (Å²) in [5.74, 6) is 0.462. The average molecular weight is 286 g/mol. The molecule has 2 aromatic rings. The molecule has 0 aliphatic rings. The lowest BCUT2D eigenvalue weighted by Crippen LogP contribution is -2.24. The Kier molecular flexibility index (Phi) is 5.72. The van der Waals surface area contributed by atoms with Crippen molar-refractivity contribution in [2.24, 2.45) is 0 Å². The Morgan fingerprint density at radius 3 is 2.95 bits per heavy atom. The van der Waals surface area contributed by atoms with E-state index in [0.717, 1.165) is 5.56 Å². The van der Waals surface area contributed by atoms with Crippen molar-refractivity contribution in [1.29, 1.82) is 0 Å². The number of hydrogen-bond acceptors (Lipinski definition) is 4. The van der Waals surface area contributed by atoms with Crippen molar-refractivity contribution in [2.75, 3.05) is 13.2 Å². The lowest BCUT2D eigenvalue weighted by Gasteiger charge is -2.08. The van der Waals surface area contributed by atoms with Crippen molar-refractivity contribution in [1.82, 2.24) is 10.3 Å². The minimum absolute atomic E-state index is 0.0640. The van der Waals surface area contributed by atoms with Gasteiger partial charge < -0.3 is 15.2 Å². The summed E-state index contributed by atoms with van der Waals surface area (Å²) in [5, 5.41) is 11.4. The maximum Gasteiger partial charge on any atom is 0.251 e. The molecule has 0 unspecified atom stereocenters. The quantitative estimate of drug-likeness (QED) is 0.761. The highest BCUT2D eigenvalue weighted by Gasteiger charge is 2.06. The fraction of sp³-hybridized carbons (Fsp3) is 0.250. The summed E-state index contributed by atoms with van der Waals surface area (Å²) in [6, 6.07) is 10.8. The van der Waals surface area contributed by atoms with Crippen LogP contribution in [0.3, 0.4) is 0 Å². The molecule has 21 heavy (non-hydrogen) atoms. The van der Waals surface area contributed by atoms with Gasteiger partial charge >= 0.3 is 0 Å². The van der Waals surface area contributed by atoms with E-state index in [4.69, 9.17) is 9.84 Å². The van der Waals surface area contributed by atoms with Crippen LogP contribution in [0.25, 0.3) is 0 Å². The second-order valence-electron chi connectivity index (χ2n) is 4.51. The summed E-state index contributed by atoms with van der Waals surface area (Å²) in [6.07, 6.45) is 4.00. The number of nitrogens with one attached hydrogen (secondary N) is 1. The molecule has 5 heteroatoms. The molecule has 0 aliphatic heterocycles. The number of benzene rings is 1. The summed E-state index contributed by atoms with van der Waals surface area (Å²) < 4.78 is 5.65. The first-order valence-corrected chi connectivity index (χ1v) is 6.80. The van der Waals surface area contributed by atoms with Crippen molar-refractivity contribution >= 4 is 5.91 Å². The van der Waals surface area contributed by atoms with Crippen LogP contribution in [-0.4, -0.2) is 29.1 Å². The predicted octanol–water partition coefficient (Wildman–Crippen LogP) is 1.77. The van der Waals surface area contributed by atoms with E-state index < -0.39 is 0 Å². The SMILES string of the molecule is O=C(NCCCO)c1cccc(OCc2cccnc2)c1. The summed E-state index contributed by atoms with van der Waals surface area (Å²) in [4.78, 5) is 15.9. The molecule has 0 spiro atoms. The Bertz CT molecular complexity index is 573. The average Bonchev–Trinajstić information content (AvgIpc) is 2.54. The van der Waals surface area contributed by atoms with E-state index in [1.165, 1.54) is 0 Å². The van der Waals surface area contributed by atoms with E-state index in [0.29, 0.717) is 30.9 Å². The summed E-state index contributed by atoms with van der Waals surface area (Å²) in [7, 11) is 0. The molecule has 0 saturated carbocycles. The van der Waals surface area contributed by atoms with Gasteiger partial charge in [0.1, 0.15) is 12.4 Å². The van der Waals surface area contributed by atoms with E-state index in [1.54, 1.807) is 36.7 Å². The third-order valence-electron chi connectivity index (χ3n) is 2.84. The zero-order valence-electron chi connectivity index (χ0n) is 11.7. The largest absolute Gasteiger partial charge is 0.489 e. The van der Waals surface area contributed by atoms with Gasteiger partial charge in [0.15, 0.2) is 0 Å². The van der Waals surface area contributed by atoms with Crippen LogP contribution in [-0.2, 0) is 6.61 Å². The minimum Gasteiger partial charge on any atom is -0.489 e. The van der Waals surface area contributed by atoms with Crippen molar-refractivity contribution in [2.45, 2.75) is 13.0 Å². The molecule has 0 fully saturated rings. The van der Waals surface area contributed by atoms with Crippen molar-refractivity contribution in [3.05, 3.63) is 59.9 Å². The number of hydrogen-bond donors (Lipinski definition) is 2. The Morgan fingerprint density at radius 1 is 1.29 bits per heavy atom. The molecule has 1 amide bonds. The molecule has 2 N–H and O–H groups in total. The first-order chi connectivity index (χ1) is 10.3. The van der Waals surface area contributed by atoms with Gasteiger partial charge in [-0.1, -0.05) is 12.1 Å². The van der Waals surface area contributed by atoms with Crippen LogP contribution in [0.2, 0.25) is 0 Å². The third-order valence-corrected chi connectivity index (χ3v) is 2.84. The molecular weight excluding hydrogens is 268 g/mol. The zero-order chi connectivity index (χ0) is 14.9. The first-order valence-electron chi connectivity index (χ1n) is 6.80. The highest BCUT2D eigenvalue weighted by atomic mass is 16.5. The van der Waals surface area contributed by atoms with Gasteiger partial charge in [-0.25, -0.2) is 0 Å². The third kappa shape index (κ3) is 4.89. The van der Waals surface area contributed by atoms with Gasteiger partial charge in [-0.3, -0.25) is 9.78 Å². The molecule has 0 radical (unpaired) electrons. The first kappa shape index (κ1) is 15.0. The predicted molar refractivity (Wildman–Crippen MR) is 79.0 cm³/mol. The molecule has 2 rings (SSSR count). The van der Waals surface area contributed by atoms with Crippen molar-refractivity contribution in [3.63, 3.8) is 0 Å². The Labute approximate surface area is 123 Å². The number of amides is 1. The molecular formula is C16H18N2O3. The molecule has 110 valence electrons. The number of nitrogens with zero attached hydrogens (tertiary/aromatic N) is 1. The second-order valence-corrected chi connectivity index (χ2v) is 4.51. The molecule has 5 nitrogen and oxygen atoms in total. The van der Waals surface area contributed by atoms with Crippen molar-refractivity contribution in [3.8, 4) is 5.75 Å². The number of rotatable bonds is 7. The van der Waals surface area contributed by atoms with Gasteiger partial charge in [-0.05, 0) is 30.7 Å². The number of carbonyl (C=O) groups excluding carboxylic acids is 1. The van der Waals surface area contributed by atoms with E-state index in [1.807, 2.05) is 12.1 Å². The molecule has 1 heterocycles. The standard InChI is InChI=1S/C16H18N2O3/c19-9-3-8-18-16(20)14-5-1-6-15(10-14)21-12-13-4-2-7-17-11-13/h1-2,4-7,10-11,19H,3,8-9,12H2,(H,18,20). The Hall–Kier alpha value is -2.40. The number of aromatic nitrogens is 1. The summed E-state index contributed by atoms with van der Waals surface area (Å²) >= 11 is 0. The fourth-order valence-electron chi connectivity index (χ4n) is 1.76. The van der Waals surface area contributed by atoms with Crippen LogP contribution in [0.5, 0.6) is 5.75 Å². The molecule has 0 aliphatic carbocycles. The highest BCUT2D eigenvalue weighted by molar-refractivity contribution is 5.94. The lowest BCUT2D eigenvalue weighted by atomic mass is 10.2. The van der Waals surface area contributed by atoms with Gasteiger partial charge in [0.2, 0.25) is 0 Å². The van der Waals surface area contributed by atoms with E-state index in [-0.39, 0.29) is 12.5 Å². The smallest absolute Gasteiger partial charge is 0.251 e. The second kappa shape index (κ2) is 8.01. The molecule has 0 atom stereocenters. The van der Waals surface area contributed by atoms with E-state index in [9.17, 15) is 4.79 Å². The number of carbonyl (C=O) groups is 1. The van der Waals surface area contributed by atoms with Gasteiger partial charge in [0.05, 0.1) is 0 Å². The number of aliphatic hydroxyl groups is 1. The summed E-state index contributed by atoms with van der Waals surface area (Å²) in [6.45, 7) is 0.925. The molecule has 1 aromatic heterocycles. The number of aliphatic hydroxyl groups excluding tert-OH is 1. The van der Waals surface area contributed by atoms with Crippen molar-refractivity contribution < 1.29 is 14.6 Å². The van der Waals surface area contributed by atoms with Gasteiger partial charge in [0, 0.05) is 36.7 Å². The fourth-order valence-corrected chi connectivity index (χ4v) is 1.76. The van der Waals surface area contributed by atoms with Gasteiger partial charge in [-0.15, -0.1) is 0 Å². The molecule has 0 saturated heterocycles. The van der Waals surface area contributed by atoms with E-state index >= 15 is 0 Å². The normalized spacial score (nSPS) is 10.1. The molecule has 1 aromatic carbocycles. The Balaban J connectivity index is 1.92. The summed E-state index contributed by atoms with van der Waals surface area (Å²) in [5.41, 5.74) is 1.51. The minimum atomic E-state index is -0.171. The maximum absolute atomic E-state index is 11.9. The Morgan fingerprint density at radius 2 is 2.19 bits per heavy atom. The van der Waals surface area contributed by atoms with Crippen LogP contribution in [0.15, 0.2) is 48.8 Å². The highest BCUT2D eigenvalue weighted by Crippen LogP contribution is 2.15. The van der Waals surface area contributed by atoms with Crippen LogP contribution < -0.4 is 10.1 Å². The van der Waals surface area contributed by atoms with Crippen LogP contribution in [0.4, 0.5) is 0 Å². The topological polar surface area (TPSA) is 71.5 Å². The number of ether oxygens (including phenoxy) is 1. The van der Waals surface area contributed by atoms with Crippen LogP contribution in [0.1, 0.15) is 22.3 Å². The lowest BCUT2D eigenvalue weighted by molar-refractivity contribution is 0.0950. The zero-order valence-corrected chi connectivity index (χ0v) is 11.7. The molecule has 0 bridgehead atoms. The van der Waals surface area contributed by atoms with Crippen LogP contribution >= 0.6 is 0 Å².